The molecule has 0 saturated carbocycles. The number of hydrogen-bond acceptors (Lipinski definition) is 8. The quantitative estimate of drug-likeness (QED) is 0.722. The standard InChI is InChI=1S/C18H20N6O2/c1-12-21-15(13-6-9-25-11-13)10-16(22-12)20-8-5-17-23-18(24-26-17)14-4-2-3-7-19-14/h2-4,7,10,13H,5-6,8-9,11H2,1H3,(H,20,21,22)/t13-/m1/s1. The van der Waals surface area contributed by atoms with Gasteiger partial charge in [0.25, 0.3) is 0 Å². The summed E-state index contributed by atoms with van der Waals surface area (Å²) in [5.41, 5.74) is 1.73. The summed E-state index contributed by atoms with van der Waals surface area (Å²) < 4.78 is 10.8. The van der Waals surface area contributed by atoms with E-state index in [2.05, 4.69) is 30.4 Å². The highest BCUT2D eigenvalue weighted by atomic mass is 16.5. The van der Waals surface area contributed by atoms with Gasteiger partial charge in [-0.25, -0.2) is 9.97 Å². The van der Waals surface area contributed by atoms with Gasteiger partial charge in [0.15, 0.2) is 0 Å². The summed E-state index contributed by atoms with van der Waals surface area (Å²) in [5, 5.41) is 7.29. The van der Waals surface area contributed by atoms with Crippen molar-refractivity contribution in [2.45, 2.75) is 25.7 Å². The third-order valence-corrected chi connectivity index (χ3v) is 4.21. The van der Waals surface area contributed by atoms with Crippen molar-refractivity contribution in [3.8, 4) is 11.5 Å². The predicted molar refractivity (Wildman–Crippen MR) is 94.7 cm³/mol. The summed E-state index contributed by atoms with van der Waals surface area (Å²) in [6.45, 7) is 4.07. The van der Waals surface area contributed by atoms with Crippen LogP contribution in [0.2, 0.25) is 0 Å². The number of nitrogens with zero attached hydrogens (tertiary/aromatic N) is 5. The van der Waals surface area contributed by atoms with Crippen molar-refractivity contribution in [2.24, 2.45) is 0 Å². The van der Waals surface area contributed by atoms with Gasteiger partial charge in [-0.05, 0) is 25.5 Å². The molecule has 1 atom stereocenters. The molecule has 4 rings (SSSR count). The van der Waals surface area contributed by atoms with Crippen LogP contribution in [0.4, 0.5) is 5.82 Å². The fraction of sp³-hybridized carbons (Fsp3) is 0.389. The monoisotopic (exact) mass is 352 g/mol. The molecule has 4 heterocycles. The molecule has 0 amide bonds. The summed E-state index contributed by atoms with van der Waals surface area (Å²) in [4.78, 5) is 17.6. The van der Waals surface area contributed by atoms with Gasteiger partial charge in [0.2, 0.25) is 11.7 Å². The Labute approximate surface area is 151 Å². The fourth-order valence-electron chi connectivity index (χ4n) is 2.91. The number of nitrogens with one attached hydrogen (secondary N) is 1. The maximum absolute atomic E-state index is 5.46. The molecule has 0 bridgehead atoms. The average molecular weight is 352 g/mol. The van der Waals surface area contributed by atoms with E-state index in [0.29, 0.717) is 36.3 Å². The average Bonchev–Trinajstić information content (AvgIpc) is 3.34. The first-order chi connectivity index (χ1) is 12.8. The van der Waals surface area contributed by atoms with Crippen LogP contribution < -0.4 is 5.32 Å². The molecule has 0 spiro atoms. The molecule has 0 radical (unpaired) electrons. The van der Waals surface area contributed by atoms with E-state index in [-0.39, 0.29) is 0 Å². The molecular formula is C18H20N6O2. The highest BCUT2D eigenvalue weighted by Gasteiger charge is 2.20. The normalized spacial score (nSPS) is 16.7. The van der Waals surface area contributed by atoms with Gasteiger partial charge in [-0.2, -0.15) is 4.98 Å². The molecule has 1 aliphatic heterocycles. The SMILES string of the molecule is Cc1nc(NCCc2nc(-c3ccccn3)no2)cc([C@@H]2CCOC2)n1. The molecule has 26 heavy (non-hydrogen) atoms. The second-order valence-electron chi connectivity index (χ2n) is 6.19. The highest BCUT2D eigenvalue weighted by Crippen LogP contribution is 2.25. The van der Waals surface area contributed by atoms with Crippen LogP contribution in [0.1, 0.15) is 29.7 Å². The molecule has 134 valence electrons. The van der Waals surface area contributed by atoms with Crippen molar-refractivity contribution in [3.05, 3.63) is 47.9 Å². The molecule has 8 nitrogen and oxygen atoms in total. The molecule has 1 N–H and O–H groups in total. The molecule has 3 aromatic heterocycles. The van der Waals surface area contributed by atoms with Crippen molar-refractivity contribution >= 4 is 5.82 Å². The Kier molecular flexibility index (Phi) is 4.83. The molecular weight excluding hydrogens is 332 g/mol. The minimum Gasteiger partial charge on any atom is -0.381 e. The summed E-state index contributed by atoms with van der Waals surface area (Å²) in [6.07, 6.45) is 3.32. The lowest BCUT2D eigenvalue weighted by Gasteiger charge is -2.11. The van der Waals surface area contributed by atoms with E-state index in [9.17, 15) is 0 Å². The molecule has 0 unspecified atom stereocenters. The number of hydrogen-bond donors (Lipinski definition) is 1. The van der Waals surface area contributed by atoms with Crippen LogP contribution in [0, 0.1) is 6.92 Å². The van der Waals surface area contributed by atoms with E-state index in [1.165, 1.54) is 0 Å². The Morgan fingerprint density at radius 2 is 2.19 bits per heavy atom. The van der Waals surface area contributed by atoms with Crippen molar-refractivity contribution < 1.29 is 9.26 Å². The van der Waals surface area contributed by atoms with Gasteiger partial charge in [-0.3, -0.25) is 4.98 Å². The van der Waals surface area contributed by atoms with E-state index in [1.54, 1.807) is 6.20 Å². The van der Waals surface area contributed by atoms with Crippen LogP contribution in [0.3, 0.4) is 0 Å². The lowest BCUT2D eigenvalue weighted by atomic mass is 10.0. The maximum atomic E-state index is 5.46. The molecule has 1 saturated heterocycles. The Balaban J connectivity index is 1.37. The zero-order valence-electron chi connectivity index (χ0n) is 14.6. The molecule has 0 aliphatic carbocycles. The predicted octanol–water partition coefficient (Wildman–Crippen LogP) is 2.39. The summed E-state index contributed by atoms with van der Waals surface area (Å²) >= 11 is 0. The van der Waals surface area contributed by atoms with E-state index in [4.69, 9.17) is 9.26 Å². The lowest BCUT2D eigenvalue weighted by Crippen LogP contribution is -2.10. The van der Waals surface area contributed by atoms with Gasteiger partial charge in [0, 0.05) is 37.8 Å². The highest BCUT2D eigenvalue weighted by molar-refractivity contribution is 5.47. The van der Waals surface area contributed by atoms with E-state index in [1.807, 2.05) is 31.2 Å². The van der Waals surface area contributed by atoms with Crippen LogP contribution in [0.15, 0.2) is 35.0 Å². The van der Waals surface area contributed by atoms with Crippen LogP contribution in [0.25, 0.3) is 11.5 Å². The topological polar surface area (TPSA) is 98.9 Å². The maximum Gasteiger partial charge on any atom is 0.228 e. The van der Waals surface area contributed by atoms with Crippen LogP contribution >= 0.6 is 0 Å². The smallest absolute Gasteiger partial charge is 0.228 e. The van der Waals surface area contributed by atoms with Crippen LogP contribution in [-0.4, -0.2) is 44.9 Å². The first-order valence-corrected chi connectivity index (χ1v) is 8.69. The summed E-state index contributed by atoms with van der Waals surface area (Å²) in [5.74, 6) is 2.99. The Hall–Kier alpha value is -2.87. The van der Waals surface area contributed by atoms with Gasteiger partial charge in [0.1, 0.15) is 17.3 Å². The van der Waals surface area contributed by atoms with E-state index >= 15 is 0 Å². The second kappa shape index (κ2) is 7.57. The molecule has 1 fully saturated rings. The zero-order chi connectivity index (χ0) is 17.8. The van der Waals surface area contributed by atoms with Gasteiger partial charge in [-0.15, -0.1) is 0 Å². The minimum absolute atomic E-state index is 0.356. The van der Waals surface area contributed by atoms with Crippen molar-refractivity contribution in [1.29, 1.82) is 0 Å². The third kappa shape index (κ3) is 3.85. The third-order valence-electron chi connectivity index (χ3n) is 4.21. The van der Waals surface area contributed by atoms with Crippen molar-refractivity contribution in [3.63, 3.8) is 0 Å². The fourth-order valence-corrected chi connectivity index (χ4v) is 2.91. The molecule has 1 aliphatic rings. The number of aryl methyl sites for hydroxylation is 1. The molecule has 0 aromatic carbocycles. The first-order valence-electron chi connectivity index (χ1n) is 8.69. The first kappa shape index (κ1) is 16.6. The van der Waals surface area contributed by atoms with Gasteiger partial charge in [0.05, 0.1) is 12.3 Å². The lowest BCUT2D eigenvalue weighted by molar-refractivity contribution is 0.193. The van der Waals surface area contributed by atoms with Crippen LogP contribution in [-0.2, 0) is 11.2 Å². The summed E-state index contributed by atoms with van der Waals surface area (Å²) in [7, 11) is 0. The minimum atomic E-state index is 0.356. The Morgan fingerprint density at radius 3 is 3.00 bits per heavy atom. The molecule has 8 heteroatoms. The number of aromatic nitrogens is 5. The number of anilines is 1. The van der Waals surface area contributed by atoms with Gasteiger partial charge >= 0.3 is 0 Å². The van der Waals surface area contributed by atoms with Crippen molar-refractivity contribution in [2.75, 3.05) is 25.1 Å². The van der Waals surface area contributed by atoms with Gasteiger partial charge < -0.3 is 14.6 Å². The largest absolute Gasteiger partial charge is 0.381 e. The van der Waals surface area contributed by atoms with E-state index < -0.39 is 0 Å². The number of rotatable bonds is 6. The number of ether oxygens (including phenoxy) is 1. The van der Waals surface area contributed by atoms with Gasteiger partial charge in [-0.1, -0.05) is 11.2 Å². The number of pyridine rings is 1. The van der Waals surface area contributed by atoms with E-state index in [0.717, 1.165) is 37.0 Å². The Morgan fingerprint density at radius 1 is 1.23 bits per heavy atom. The van der Waals surface area contributed by atoms with Crippen LogP contribution in [0.5, 0.6) is 0 Å². The second-order valence-corrected chi connectivity index (χ2v) is 6.19. The zero-order valence-corrected chi connectivity index (χ0v) is 14.6. The summed E-state index contributed by atoms with van der Waals surface area (Å²) in [6, 6.07) is 7.60. The van der Waals surface area contributed by atoms with Crippen molar-refractivity contribution in [1.82, 2.24) is 25.1 Å². The Bertz CT molecular complexity index is 861. The molecule has 3 aromatic rings.